The minimum absolute atomic E-state index is 0.859. The van der Waals surface area contributed by atoms with Crippen molar-refractivity contribution in [2.45, 2.75) is 6.42 Å². The van der Waals surface area contributed by atoms with E-state index in [-0.39, 0.29) is 0 Å². The predicted molar refractivity (Wildman–Crippen MR) is 224 cm³/mol. The van der Waals surface area contributed by atoms with Crippen LogP contribution >= 0.6 is 0 Å². The highest BCUT2D eigenvalue weighted by Crippen LogP contribution is 2.48. The Morgan fingerprint density at radius 1 is 0.340 bits per heavy atom. The Balaban J connectivity index is 1.04. The van der Waals surface area contributed by atoms with Gasteiger partial charge in [0.15, 0.2) is 0 Å². The second kappa shape index (κ2) is 11.8. The van der Waals surface area contributed by atoms with Crippen LogP contribution in [-0.4, -0.2) is 4.57 Å². The summed E-state index contributed by atoms with van der Waals surface area (Å²) in [6.07, 6.45) is 0.859. The minimum atomic E-state index is 0.859. The predicted octanol–water partition coefficient (Wildman–Crippen LogP) is 13.8. The molecule has 53 heavy (non-hydrogen) atoms. The molecule has 0 bridgehead atoms. The van der Waals surface area contributed by atoms with Gasteiger partial charge in [-0.3, -0.25) is 0 Å². The molecule has 1 aliphatic rings. The fourth-order valence-electron chi connectivity index (χ4n) is 8.72. The first-order valence-corrected chi connectivity index (χ1v) is 18.4. The van der Waals surface area contributed by atoms with Crippen molar-refractivity contribution in [2.24, 2.45) is 0 Å². The molecule has 1 aromatic heterocycles. The van der Waals surface area contributed by atoms with E-state index < -0.39 is 0 Å². The van der Waals surface area contributed by atoms with Gasteiger partial charge < -0.3 is 9.47 Å². The SMILES string of the molecule is c1ccc2c(-c3ccc4c(c3)Cc3cc(-c5ccc(-n6c7ccccc7c7ccccc76)cc5)ccc3N4c3cccc4ccccc34)cccc2c1. The van der Waals surface area contributed by atoms with Crippen molar-refractivity contribution in [1.82, 2.24) is 4.57 Å². The zero-order chi connectivity index (χ0) is 34.9. The van der Waals surface area contributed by atoms with E-state index in [4.69, 9.17) is 0 Å². The van der Waals surface area contributed by atoms with Crippen molar-refractivity contribution in [3.8, 4) is 27.9 Å². The van der Waals surface area contributed by atoms with Crippen LogP contribution < -0.4 is 4.90 Å². The van der Waals surface area contributed by atoms with Crippen LogP contribution in [-0.2, 0) is 6.42 Å². The maximum absolute atomic E-state index is 2.48. The lowest BCUT2D eigenvalue weighted by molar-refractivity contribution is 1.09. The third-order valence-corrected chi connectivity index (χ3v) is 11.2. The molecule has 0 radical (unpaired) electrons. The van der Waals surface area contributed by atoms with Crippen molar-refractivity contribution in [1.29, 1.82) is 0 Å². The van der Waals surface area contributed by atoms with Crippen LogP contribution in [0.3, 0.4) is 0 Å². The number of nitrogens with zero attached hydrogens (tertiary/aromatic N) is 2. The van der Waals surface area contributed by atoms with Crippen molar-refractivity contribution in [3.05, 3.63) is 205 Å². The van der Waals surface area contributed by atoms with E-state index in [9.17, 15) is 0 Å². The number of hydrogen-bond donors (Lipinski definition) is 0. The highest BCUT2D eigenvalue weighted by molar-refractivity contribution is 6.09. The van der Waals surface area contributed by atoms with Crippen LogP contribution in [0.4, 0.5) is 17.1 Å². The van der Waals surface area contributed by atoms with Gasteiger partial charge in [-0.05, 0) is 104 Å². The lowest BCUT2D eigenvalue weighted by atomic mass is 9.89. The van der Waals surface area contributed by atoms with Gasteiger partial charge in [-0.1, -0.05) is 140 Å². The topological polar surface area (TPSA) is 8.17 Å². The molecular weight excluding hydrogens is 641 g/mol. The third-order valence-electron chi connectivity index (χ3n) is 11.2. The first kappa shape index (κ1) is 29.8. The Morgan fingerprint density at radius 3 is 1.55 bits per heavy atom. The second-order valence-corrected chi connectivity index (χ2v) is 14.1. The molecule has 0 unspecified atom stereocenters. The van der Waals surface area contributed by atoms with E-state index in [0.717, 1.165) is 6.42 Å². The second-order valence-electron chi connectivity index (χ2n) is 14.1. The number of rotatable bonds is 4. The number of hydrogen-bond acceptors (Lipinski definition) is 1. The van der Waals surface area contributed by atoms with Gasteiger partial charge >= 0.3 is 0 Å². The standard InChI is InChI=1S/C51H34N2/c1-3-15-42-35(11-1)13-9-19-43(42)38-26-30-48-40(32-38)33-39-31-37(25-29-47(39)53(48)49-22-10-14-36-12-2-4-16-44(36)49)34-23-27-41(28-24-34)52-50-20-7-5-17-45(50)46-18-6-8-21-51(46)52/h1-32H,33H2. The van der Waals surface area contributed by atoms with Crippen molar-refractivity contribution in [2.75, 3.05) is 4.90 Å². The molecule has 1 aliphatic heterocycles. The summed E-state index contributed by atoms with van der Waals surface area (Å²) in [5, 5.41) is 7.59. The van der Waals surface area contributed by atoms with Gasteiger partial charge in [-0.15, -0.1) is 0 Å². The monoisotopic (exact) mass is 674 g/mol. The molecule has 0 aliphatic carbocycles. The molecule has 10 aromatic rings. The number of aromatic nitrogens is 1. The molecule has 0 fully saturated rings. The highest BCUT2D eigenvalue weighted by atomic mass is 15.2. The van der Waals surface area contributed by atoms with Gasteiger partial charge in [0.1, 0.15) is 0 Å². The van der Waals surface area contributed by atoms with E-state index in [1.54, 1.807) is 0 Å². The molecule has 248 valence electrons. The molecule has 0 saturated carbocycles. The van der Waals surface area contributed by atoms with Gasteiger partial charge in [0, 0.05) is 39.6 Å². The van der Waals surface area contributed by atoms with Gasteiger partial charge in [-0.2, -0.15) is 0 Å². The molecule has 0 N–H and O–H groups in total. The number of benzene rings is 9. The summed E-state index contributed by atoms with van der Waals surface area (Å²) in [5.74, 6) is 0. The molecule has 2 heterocycles. The minimum Gasteiger partial charge on any atom is -0.309 e. The Morgan fingerprint density at radius 2 is 0.849 bits per heavy atom. The summed E-state index contributed by atoms with van der Waals surface area (Å²) in [6.45, 7) is 0. The van der Waals surface area contributed by atoms with Crippen LogP contribution in [0.15, 0.2) is 194 Å². The summed E-state index contributed by atoms with van der Waals surface area (Å²) in [5.41, 5.74) is 14.9. The first-order chi connectivity index (χ1) is 26.3. The maximum atomic E-state index is 2.48. The van der Waals surface area contributed by atoms with E-state index in [1.807, 2.05) is 0 Å². The molecule has 0 saturated heterocycles. The van der Waals surface area contributed by atoms with E-state index >= 15 is 0 Å². The normalized spacial score (nSPS) is 12.4. The van der Waals surface area contributed by atoms with Crippen molar-refractivity contribution < 1.29 is 0 Å². The van der Waals surface area contributed by atoms with Crippen molar-refractivity contribution >= 4 is 60.4 Å². The Kier molecular flexibility index (Phi) is 6.65. The van der Waals surface area contributed by atoms with Gasteiger partial charge in [-0.25, -0.2) is 0 Å². The molecule has 2 heteroatoms. The number of para-hydroxylation sites is 2. The lowest BCUT2D eigenvalue weighted by Crippen LogP contribution is -2.19. The average molecular weight is 675 g/mol. The smallest absolute Gasteiger partial charge is 0.0541 e. The van der Waals surface area contributed by atoms with E-state index in [2.05, 4.69) is 204 Å². The average Bonchev–Trinajstić information content (AvgIpc) is 3.56. The molecular formula is C51H34N2. The fraction of sp³-hybridized carbons (Fsp3) is 0.0196. The largest absolute Gasteiger partial charge is 0.309 e. The Labute approximate surface area is 308 Å². The lowest BCUT2D eigenvalue weighted by Gasteiger charge is -2.35. The van der Waals surface area contributed by atoms with Crippen molar-refractivity contribution in [3.63, 3.8) is 0 Å². The van der Waals surface area contributed by atoms with Crippen LogP contribution in [0.25, 0.3) is 71.3 Å². The summed E-state index contributed by atoms with van der Waals surface area (Å²) < 4.78 is 2.38. The quantitative estimate of drug-likeness (QED) is 0.180. The van der Waals surface area contributed by atoms with E-state index in [1.165, 1.54) is 99.5 Å². The number of fused-ring (bicyclic) bond motifs is 7. The summed E-state index contributed by atoms with van der Waals surface area (Å²) in [4.78, 5) is 2.48. The third kappa shape index (κ3) is 4.73. The summed E-state index contributed by atoms with van der Waals surface area (Å²) in [6, 6.07) is 71.3. The summed E-state index contributed by atoms with van der Waals surface area (Å²) >= 11 is 0. The Hall–Kier alpha value is -6.90. The maximum Gasteiger partial charge on any atom is 0.0541 e. The molecule has 9 aromatic carbocycles. The highest BCUT2D eigenvalue weighted by Gasteiger charge is 2.26. The van der Waals surface area contributed by atoms with Gasteiger partial charge in [0.2, 0.25) is 0 Å². The fourth-order valence-corrected chi connectivity index (χ4v) is 8.72. The molecule has 2 nitrogen and oxygen atoms in total. The molecule has 0 atom stereocenters. The molecule has 0 spiro atoms. The van der Waals surface area contributed by atoms with Gasteiger partial charge in [0.05, 0.1) is 16.7 Å². The molecule has 11 rings (SSSR count). The Bertz CT molecular complexity index is 2980. The summed E-state index contributed by atoms with van der Waals surface area (Å²) in [7, 11) is 0. The number of anilines is 3. The zero-order valence-electron chi connectivity index (χ0n) is 29.1. The van der Waals surface area contributed by atoms with Crippen LogP contribution in [0.5, 0.6) is 0 Å². The van der Waals surface area contributed by atoms with Crippen LogP contribution in [0, 0.1) is 0 Å². The van der Waals surface area contributed by atoms with Crippen LogP contribution in [0.1, 0.15) is 11.1 Å². The first-order valence-electron chi connectivity index (χ1n) is 18.4. The zero-order valence-corrected chi connectivity index (χ0v) is 29.1. The van der Waals surface area contributed by atoms with Gasteiger partial charge in [0.25, 0.3) is 0 Å². The molecule has 0 amide bonds. The van der Waals surface area contributed by atoms with E-state index in [0.29, 0.717) is 0 Å². The van der Waals surface area contributed by atoms with Crippen LogP contribution in [0.2, 0.25) is 0 Å².